The van der Waals surface area contributed by atoms with Gasteiger partial charge in [0, 0.05) is 10.3 Å². The van der Waals surface area contributed by atoms with Crippen LogP contribution in [0.3, 0.4) is 0 Å². The van der Waals surface area contributed by atoms with E-state index in [1.165, 1.54) is 6.08 Å². The molecule has 0 bridgehead atoms. The number of carboxylic acid groups (broad SMARTS) is 2. The number of carbonyl (C=O) groups is 2. The maximum Gasteiger partial charge on any atom is 0.307 e. The summed E-state index contributed by atoms with van der Waals surface area (Å²) >= 11 is 2.29. The van der Waals surface area contributed by atoms with Crippen LogP contribution in [0.2, 0.25) is 0 Å². The average molecular weight is 526 g/mol. The number of hydrogen-bond acceptors (Lipinski definition) is 4. The summed E-state index contributed by atoms with van der Waals surface area (Å²) < 4.78 is 20.3. The molecule has 8 heteroatoms. The molecule has 1 aliphatic heterocycles. The minimum absolute atomic E-state index is 0.0231. The highest BCUT2D eigenvalue weighted by Crippen LogP contribution is 2.49. The van der Waals surface area contributed by atoms with Gasteiger partial charge in [-0.2, -0.15) is 0 Å². The number of halogens is 2. The number of hydrogen-bond donors (Lipinski definition) is 3. The molecule has 0 spiro atoms. The van der Waals surface area contributed by atoms with E-state index in [2.05, 4.69) is 22.6 Å². The smallest absolute Gasteiger partial charge is 0.307 e. The maximum atomic E-state index is 14.0. The molecule has 1 saturated carbocycles. The SMILES string of the molecule is CCCC[C@@H](F)[C@H](O)C=C[C@H]1[C@H]2C[C@H]([C@H](I)CCCC(=O)O)O[C@H]2C[C@H]1C(=O)O. The third kappa shape index (κ3) is 6.89. The highest BCUT2D eigenvalue weighted by molar-refractivity contribution is 14.1. The van der Waals surface area contributed by atoms with E-state index in [0.717, 1.165) is 12.8 Å². The Labute approximate surface area is 185 Å². The second-order valence-corrected chi connectivity index (χ2v) is 9.81. The molecule has 0 unspecified atom stereocenters. The van der Waals surface area contributed by atoms with E-state index in [4.69, 9.17) is 9.84 Å². The molecule has 166 valence electrons. The van der Waals surface area contributed by atoms with E-state index < -0.39 is 30.1 Å². The van der Waals surface area contributed by atoms with Crippen LogP contribution in [-0.4, -0.2) is 55.7 Å². The van der Waals surface area contributed by atoms with Gasteiger partial charge in [0.1, 0.15) is 12.3 Å². The summed E-state index contributed by atoms with van der Waals surface area (Å²) in [6.45, 7) is 1.96. The van der Waals surface area contributed by atoms with Gasteiger partial charge in [0.2, 0.25) is 0 Å². The average Bonchev–Trinajstić information content (AvgIpc) is 3.22. The van der Waals surface area contributed by atoms with Crippen LogP contribution in [0.5, 0.6) is 0 Å². The highest BCUT2D eigenvalue weighted by atomic mass is 127. The van der Waals surface area contributed by atoms with Crippen LogP contribution < -0.4 is 0 Å². The third-order valence-corrected chi connectivity index (χ3v) is 7.53. The molecule has 3 N–H and O–H groups in total. The Bertz CT molecular complexity index is 586. The summed E-state index contributed by atoms with van der Waals surface area (Å²) in [6, 6.07) is 0. The predicted molar refractivity (Wildman–Crippen MR) is 115 cm³/mol. The zero-order valence-corrected chi connectivity index (χ0v) is 18.9. The van der Waals surface area contributed by atoms with E-state index >= 15 is 0 Å². The molecule has 29 heavy (non-hydrogen) atoms. The van der Waals surface area contributed by atoms with Crippen molar-refractivity contribution < 1.29 is 34.0 Å². The Hall–Kier alpha value is -0.740. The lowest BCUT2D eigenvalue weighted by Crippen LogP contribution is -2.26. The number of alkyl halides is 2. The van der Waals surface area contributed by atoms with Crippen molar-refractivity contribution in [1.82, 2.24) is 0 Å². The minimum Gasteiger partial charge on any atom is -0.481 e. The van der Waals surface area contributed by atoms with Crippen LogP contribution in [0.15, 0.2) is 12.2 Å². The maximum absolute atomic E-state index is 14.0. The molecular formula is C21H32FIO6. The third-order valence-electron chi connectivity index (χ3n) is 6.10. The van der Waals surface area contributed by atoms with Crippen LogP contribution in [0.1, 0.15) is 58.3 Å². The van der Waals surface area contributed by atoms with Gasteiger partial charge in [-0.25, -0.2) is 4.39 Å². The topological polar surface area (TPSA) is 104 Å². The first-order valence-corrected chi connectivity index (χ1v) is 11.7. The molecule has 2 fully saturated rings. The number of aliphatic carboxylic acids is 2. The van der Waals surface area contributed by atoms with E-state index in [0.29, 0.717) is 32.1 Å². The molecular weight excluding hydrogens is 494 g/mol. The van der Waals surface area contributed by atoms with Crippen molar-refractivity contribution in [2.75, 3.05) is 0 Å². The molecule has 8 atom stereocenters. The molecule has 1 heterocycles. The summed E-state index contributed by atoms with van der Waals surface area (Å²) in [5, 5.41) is 28.4. The Morgan fingerprint density at radius 1 is 1.24 bits per heavy atom. The van der Waals surface area contributed by atoms with Gasteiger partial charge >= 0.3 is 11.9 Å². The quantitative estimate of drug-likeness (QED) is 0.202. The van der Waals surface area contributed by atoms with Crippen molar-refractivity contribution in [2.45, 2.75) is 86.7 Å². The van der Waals surface area contributed by atoms with Gasteiger partial charge in [0.25, 0.3) is 0 Å². The lowest BCUT2D eigenvalue weighted by atomic mass is 9.85. The van der Waals surface area contributed by atoms with Crippen molar-refractivity contribution in [1.29, 1.82) is 0 Å². The number of aliphatic hydroxyl groups excluding tert-OH is 1. The molecule has 1 aliphatic carbocycles. The van der Waals surface area contributed by atoms with E-state index in [9.17, 15) is 24.2 Å². The largest absolute Gasteiger partial charge is 0.481 e. The Morgan fingerprint density at radius 2 is 1.97 bits per heavy atom. The number of rotatable bonds is 12. The van der Waals surface area contributed by atoms with Gasteiger partial charge in [-0.3, -0.25) is 9.59 Å². The molecule has 1 saturated heterocycles. The fraction of sp³-hybridized carbons (Fsp3) is 0.810. The monoisotopic (exact) mass is 526 g/mol. The number of fused-ring (bicyclic) bond motifs is 1. The number of allylic oxidation sites excluding steroid dienone is 1. The van der Waals surface area contributed by atoms with E-state index in [-0.39, 0.29) is 34.4 Å². The zero-order valence-electron chi connectivity index (χ0n) is 16.8. The van der Waals surface area contributed by atoms with Crippen molar-refractivity contribution in [3.05, 3.63) is 12.2 Å². The van der Waals surface area contributed by atoms with Crippen LogP contribution >= 0.6 is 22.6 Å². The standard InChI is InChI=1S/C21H32FIO6/c1-2-3-5-15(22)17(24)9-8-12-13-10-19(16(23)6-4-7-20(25)26)29-18(13)11-14(12)21(27)28/h8-9,12-19,24H,2-7,10-11H2,1H3,(H,25,26)(H,27,28)/t12-,13+,14+,15+,16+,17+,18-,19+/m0/s1. The number of aliphatic hydroxyl groups is 1. The second-order valence-electron chi connectivity index (χ2n) is 8.21. The molecule has 6 nitrogen and oxygen atoms in total. The molecule has 0 radical (unpaired) electrons. The van der Waals surface area contributed by atoms with Crippen LogP contribution in [0, 0.1) is 17.8 Å². The van der Waals surface area contributed by atoms with Crippen LogP contribution in [0.4, 0.5) is 4.39 Å². The summed E-state index contributed by atoms with van der Waals surface area (Å²) in [5.74, 6) is -2.56. The summed E-state index contributed by atoms with van der Waals surface area (Å²) in [5.41, 5.74) is 0. The Balaban J connectivity index is 1.98. The lowest BCUT2D eigenvalue weighted by Gasteiger charge is -2.22. The molecule has 2 rings (SSSR count). The lowest BCUT2D eigenvalue weighted by molar-refractivity contribution is -0.143. The number of ether oxygens (including phenoxy) is 1. The van der Waals surface area contributed by atoms with Crippen molar-refractivity contribution >= 4 is 34.5 Å². The van der Waals surface area contributed by atoms with E-state index in [1.807, 2.05) is 6.92 Å². The van der Waals surface area contributed by atoms with Gasteiger partial charge in [0.15, 0.2) is 0 Å². The van der Waals surface area contributed by atoms with Crippen molar-refractivity contribution in [2.24, 2.45) is 17.8 Å². The van der Waals surface area contributed by atoms with E-state index in [1.54, 1.807) is 6.08 Å². The second kappa shape index (κ2) is 11.6. The normalized spacial score (nSPS) is 32.2. The first-order chi connectivity index (χ1) is 13.7. The first-order valence-electron chi connectivity index (χ1n) is 10.5. The van der Waals surface area contributed by atoms with Gasteiger partial charge in [0.05, 0.1) is 18.1 Å². The van der Waals surface area contributed by atoms with Crippen molar-refractivity contribution in [3.8, 4) is 0 Å². The summed E-state index contributed by atoms with van der Waals surface area (Å²) in [4.78, 5) is 22.4. The van der Waals surface area contributed by atoms with Gasteiger partial charge in [-0.15, -0.1) is 0 Å². The first kappa shape index (κ1) is 24.5. The molecule has 0 aromatic heterocycles. The fourth-order valence-electron chi connectivity index (χ4n) is 4.48. The van der Waals surface area contributed by atoms with Crippen molar-refractivity contribution in [3.63, 3.8) is 0 Å². The molecule has 0 amide bonds. The molecule has 0 aromatic rings. The van der Waals surface area contributed by atoms with Gasteiger partial charge in [-0.05, 0) is 43.9 Å². The number of unbranched alkanes of at least 4 members (excludes halogenated alkanes) is 1. The van der Waals surface area contributed by atoms with Gasteiger partial charge in [-0.1, -0.05) is 54.5 Å². The minimum atomic E-state index is -1.34. The Morgan fingerprint density at radius 3 is 2.59 bits per heavy atom. The van der Waals surface area contributed by atoms with Crippen LogP contribution in [0.25, 0.3) is 0 Å². The van der Waals surface area contributed by atoms with Crippen LogP contribution in [-0.2, 0) is 14.3 Å². The summed E-state index contributed by atoms with van der Waals surface area (Å²) in [7, 11) is 0. The highest BCUT2D eigenvalue weighted by Gasteiger charge is 2.51. The fourth-order valence-corrected chi connectivity index (χ4v) is 5.39. The molecule has 0 aromatic carbocycles. The van der Waals surface area contributed by atoms with Gasteiger partial charge < -0.3 is 20.1 Å². The number of carboxylic acids is 2. The predicted octanol–water partition coefficient (Wildman–Crippen LogP) is 3.98. The molecule has 2 aliphatic rings. The zero-order chi connectivity index (χ0) is 21.6. The summed E-state index contributed by atoms with van der Waals surface area (Å²) in [6.07, 6.45) is 4.76. The Kier molecular flexibility index (Phi) is 9.81.